The molecule has 3 saturated carbocycles. The second-order valence-corrected chi connectivity index (χ2v) is 16.9. The molecular formula is C44H68O4. The molecule has 4 aliphatic carbocycles. The molecule has 2 unspecified atom stereocenters. The van der Waals surface area contributed by atoms with Crippen LogP contribution in [0.2, 0.25) is 0 Å². The molecule has 0 bridgehead atoms. The van der Waals surface area contributed by atoms with Gasteiger partial charge in [0.05, 0.1) is 13.2 Å². The number of carbonyl (C=O) groups excluding carboxylic acids is 2. The molecule has 4 aliphatic rings. The minimum absolute atomic E-state index is 0.0431. The van der Waals surface area contributed by atoms with Gasteiger partial charge in [-0.2, -0.15) is 0 Å². The molecule has 4 heteroatoms. The van der Waals surface area contributed by atoms with Gasteiger partial charge < -0.3 is 9.47 Å². The predicted octanol–water partition coefficient (Wildman–Crippen LogP) is 11.3. The molecule has 0 heterocycles. The number of benzene rings is 1. The van der Waals surface area contributed by atoms with E-state index in [1.165, 1.54) is 135 Å². The number of carbonyl (C=O) groups is 2. The summed E-state index contributed by atoms with van der Waals surface area (Å²) in [7, 11) is 0. The van der Waals surface area contributed by atoms with Crippen LogP contribution in [0.1, 0.15) is 165 Å². The minimum Gasteiger partial charge on any atom is -0.467 e. The summed E-state index contributed by atoms with van der Waals surface area (Å²) < 4.78 is 10.5. The lowest BCUT2D eigenvalue weighted by molar-refractivity contribution is -0.141. The normalized spacial score (nSPS) is 29.8. The van der Waals surface area contributed by atoms with Crippen molar-refractivity contribution in [3.05, 3.63) is 47.0 Å². The van der Waals surface area contributed by atoms with Crippen molar-refractivity contribution in [2.45, 2.75) is 161 Å². The van der Waals surface area contributed by atoms with Crippen molar-refractivity contribution in [3.63, 3.8) is 0 Å². The number of ether oxygens (including phenoxy) is 2. The fourth-order valence-corrected chi connectivity index (χ4v) is 10.3. The molecule has 4 nitrogen and oxygen atoms in total. The number of esters is 1. The van der Waals surface area contributed by atoms with Crippen LogP contribution >= 0.6 is 0 Å². The topological polar surface area (TPSA) is 52.6 Å². The van der Waals surface area contributed by atoms with E-state index in [1.54, 1.807) is 23.6 Å². The molecule has 0 radical (unpaired) electrons. The number of rotatable bonds is 17. The van der Waals surface area contributed by atoms with Crippen molar-refractivity contribution in [1.29, 1.82) is 0 Å². The Kier molecular flexibility index (Phi) is 15.0. The van der Waals surface area contributed by atoms with Gasteiger partial charge >= 0.3 is 5.97 Å². The van der Waals surface area contributed by atoms with E-state index in [-0.39, 0.29) is 18.5 Å². The highest BCUT2D eigenvalue weighted by atomic mass is 16.5. The second-order valence-electron chi connectivity index (χ2n) is 16.9. The maximum atomic E-state index is 11.9. The van der Waals surface area contributed by atoms with E-state index < -0.39 is 0 Å². The van der Waals surface area contributed by atoms with E-state index >= 15 is 0 Å². The molecule has 0 N–H and O–H groups in total. The smallest absolute Gasteiger partial charge is 0.333 e. The van der Waals surface area contributed by atoms with E-state index in [0.717, 1.165) is 36.0 Å². The fraction of sp³-hybridized carbons (Fsp3) is 0.773. The molecule has 1 aromatic rings. The zero-order chi connectivity index (χ0) is 33.7. The van der Waals surface area contributed by atoms with Crippen LogP contribution in [0.4, 0.5) is 0 Å². The molecule has 0 aliphatic heterocycles. The molecule has 268 valence electrons. The van der Waals surface area contributed by atoms with Gasteiger partial charge in [-0.3, -0.25) is 4.79 Å². The Hall–Kier alpha value is -2.10. The van der Waals surface area contributed by atoms with E-state index in [1.807, 2.05) is 0 Å². The molecule has 48 heavy (non-hydrogen) atoms. The zero-order valence-electron chi connectivity index (χ0n) is 30.7. The lowest BCUT2D eigenvalue weighted by Gasteiger charge is -2.38. The largest absolute Gasteiger partial charge is 0.467 e. The summed E-state index contributed by atoms with van der Waals surface area (Å²) in [6, 6.07) is 7.49. The minimum atomic E-state index is -0.369. The Morgan fingerprint density at radius 1 is 0.792 bits per heavy atom. The fourth-order valence-electron chi connectivity index (χ4n) is 10.3. The van der Waals surface area contributed by atoms with E-state index in [0.29, 0.717) is 30.5 Å². The maximum Gasteiger partial charge on any atom is 0.333 e. The van der Waals surface area contributed by atoms with Gasteiger partial charge in [-0.25, -0.2) is 4.79 Å². The van der Waals surface area contributed by atoms with Gasteiger partial charge in [0, 0.05) is 11.5 Å². The monoisotopic (exact) mass is 661 g/mol. The summed E-state index contributed by atoms with van der Waals surface area (Å²) in [5, 5.41) is 0. The first-order chi connectivity index (χ1) is 23.4. The Balaban J connectivity index is 0.990. The van der Waals surface area contributed by atoms with Crippen molar-refractivity contribution >= 4 is 12.4 Å². The zero-order valence-corrected chi connectivity index (χ0v) is 30.7. The Morgan fingerprint density at radius 2 is 1.44 bits per heavy atom. The van der Waals surface area contributed by atoms with Gasteiger partial charge in [0.2, 0.25) is 0 Å². The van der Waals surface area contributed by atoms with E-state index in [4.69, 9.17) is 9.47 Å². The van der Waals surface area contributed by atoms with Crippen molar-refractivity contribution in [1.82, 2.24) is 0 Å². The third-order valence-corrected chi connectivity index (χ3v) is 13.4. The van der Waals surface area contributed by atoms with Crippen LogP contribution in [0.15, 0.2) is 30.4 Å². The summed E-state index contributed by atoms with van der Waals surface area (Å²) in [6.07, 6.45) is 30.5. The number of hydrogen-bond donors (Lipinski definition) is 0. The first-order valence-corrected chi connectivity index (χ1v) is 20.4. The summed E-state index contributed by atoms with van der Waals surface area (Å²) in [5.74, 6) is 5.91. The van der Waals surface area contributed by atoms with Gasteiger partial charge in [0.25, 0.3) is 6.47 Å². The molecular weight excluding hydrogens is 592 g/mol. The highest BCUT2D eigenvalue weighted by Gasteiger charge is 2.32. The summed E-state index contributed by atoms with van der Waals surface area (Å²) in [6.45, 7) is 8.74. The molecule has 0 spiro atoms. The van der Waals surface area contributed by atoms with Crippen LogP contribution in [-0.2, 0) is 31.9 Å². The highest BCUT2D eigenvalue weighted by Crippen LogP contribution is 2.44. The molecule has 2 atom stereocenters. The third kappa shape index (κ3) is 11.2. The maximum absolute atomic E-state index is 11.9. The summed E-state index contributed by atoms with van der Waals surface area (Å²) >= 11 is 0. The van der Waals surface area contributed by atoms with Gasteiger partial charge in [-0.05, 0) is 149 Å². The van der Waals surface area contributed by atoms with Crippen LogP contribution in [0.5, 0.6) is 0 Å². The van der Waals surface area contributed by atoms with E-state index in [9.17, 15) is 9.59 Å². The molecule has 5 rings (SSSR count). The third-order valence-electron chi connectivity index (χ3n) is 13.4. The Bertz CT molecular complexity index is 1130. The lowest BCUT2D eigenvalue weighted by Crippen LogP contribution is -2.26. The van der Waals surface area contributed by atoms with Crippen LogP contribution < -0.4 is 0 Å². The van der Waals surface area contributed by atoms with Gasteiger partial charge in [-0.15, -0.1) is 0 Å². The first-order valence-electron chi connectivity index (χ1n) is 20.4. The van der Waals surface area contributed by atoms with Gasteiger partial charge in [-0.1, -0.05) is 89.5 Å². The van der Waals surface area contributed by atoms with Crippen LogP contribution in [-0.4, -0.2) is 25.7 Å². The Labute approximate surface area is 293 Å². The molecule has 3 fully saturated rings. The molecule has 1 aromatic carbocycles. The molecule has 0 aromatic heterocycles. The highest BCUT2D eigenvalue weighted by molar-refractivity contribution is 5.86. The predicted molar refractivity (Wildman–Crippen MR) is 197 cm³/mol. The number of unbranched alkanes of at least 4 members (excludes halogenated alkanes) is 2. The van der Waals surface area contributed by atoms with Crippen molar-refractivity contribution in [2.24, 2.45) is 41.4 Å². The number of fused-ring (bicyclic) bond motifs is 1. The number of hydrogen-bond acceptors (Lipinski definition) is 4. The van der Waals surface area contributed by atoms with Crippen molar-refractivity contribution in [2.75, 3.05) is 13.2 Å². The van der Waals surface area contributed by atoms with Crippen LogP contribution in [0.3, 0.4) is 0 Å². The quantitative estimate of drug-likeness (QED) is 0.0722. The van der Waals surface area contributed by atoms with Gasteiger partial charge in [0.1, 0.15) is 0 Å². The average Bonchev–Trinajstić information content (AvgIpc) is 3.12. The first kappa shape index (κ1) is 37.2. The summed E-state index contributed by atoms with van der Waals surface area (Å²) in [5.41, 5.74) is 5.19. The standard InChI is InChI=1S/C44H68O4/c1-4-5-6-7-33-10-17-38(18-11-33)39-19-12-34(13-20-39)8-9-36-16-23-43-28-42(25-24-41(43)27-36)40-21-14-35(15-22-40)26-37(29-47-31-45)30-48-44(46)32(2)3/h24-25,28,31,33-40H,2,4-23,26-27,29-30H2,1,3H3. The van der Waals surface area contributed by atoms with Crippen LogP contribution in [0, 0.1) is 41.4 Å². The van der Waals surface area contributed by atoms with Gasteiger partial charge in [0.15, 0.2) is 0 Å². The second kappa shape index (κ2) is 19.3. The van der Waals surface area contributed by atoms with Crippen molar-refractivity contribution < 1.29 is 19.1 Å². The SMILES string of the molecule is C=C(C)C(=O)OCC(COC=O)CC1CCC(c2ccc3c(c2)CCC(CCC2CCC(C4CCC(CCCCC)CC4)CC2)C3)CC1. The molecule has 0 saturated heterocycles. The lowest BCUT2D eigenvalue weighted by atomic mass is 9.68. The average molecular weight is 661 g/mol. The van der Waals surface area contributed by atoms with E-state index in [2.05, 4.69) is 31.7 Å². The van der Waals surface area contributed by atoms with Crippen LogP contribution in [0.25, 0.3) is 0 Å². The molecule has 0 amide bonds. The Morgan fingerprint density at radius 3 is 2.08 bits per heavy atom. The number of aryl methyl sites for hydroxylation is 1. The van der Waals surface area contributed by atoms with Crippen molar-refractivity contribution in [3.8, 4) is 0 Å². The summed E-state index contributed by atoms with van der Waals surface area (Å²) in [4.78, 5) is 22.7.